The molecule has 0 bridgehead atoms. The normalized spacial score (nSPS) is 26.1. The van der Waals surface area contributed by atoms with Crippen molar-refractivity contribution in [1.29, 1.82) is 0 Å². The van der Waals surface area contributed by atoms with Gasteiger partial charge in [-0.15, -0.1) is 0 Å². The molecule has 2 aliphatic rings. The number of phenolic OH excluding ortho intramolecular Hbond substituents is 2. The van der Waals surface area contributed by atoms with Crippen molar-refractivity contribution < 1.29 is 34.3 Å². The summed E-state index contributed by atoms with van der Waals surface area (Å²) < 4.78 is 15.6. The standard InChI is InChI=1S/C20H20O7/c1-25-16-5-10(3-4-14(16)21)18-12-7-15(22)17(26-2)6-11(12)8-20(24)13(18)9-27-19(20)23/h3-7,13,18,21-22,24H,8-9H2,1-2H3/t13-,18+,20+/m1/s1. The van der Waals surface area contributed by atoms with E-state index in [1.165, 1.54) is 20.3 Å². The second-order valence-electron chi connectivity index (χ2n) is 6.94. The van der Waals surface area contributed by atoms with Gasteiger partial charge in [0, 0.05) is 18.3 Å². The SMILES string of the molecule is COc1cc([C@H]2c3cc(O)c(OC)cc3C[C@@]3(O)C(=O)OC[C@H]23)ccc1O. The molecule has 3 atom stereocenters. The van der Waals surface area contributed by atoms with E-state index < -0.39 is 23.4 Å². The lowest BCUT2D eigenvalue weighted by atomic mass is 9.65. The maximum atomic E-state index is 12.3. The van der Waals surface area contributed by atoms with E-state index in [2.05, 4.69) is 0 Å². The molecule has 2 aromatic carbocycles. The van der Waals surface area contributed by atoms with Crippen molar-refractivity contribution in [3.8, 4) is 23.0 Å². The molecule has 4 rings (SSSR count). The first kappa shape index (κ1) is 17.5. The summed E-state index contributed by atoms with van der Waals surface area (Å²) in [6, 6.07) is 8.11. The Kier molecular flexibility index (Phi) is 3.92. The van der Waals surface area contributed by atoms with Crippen LogP contribution < -0.4 is 9.47 Å². The van der Waals surface area contributed by atoms with Crippen LogP contribution in [0.5, 0.6) is 23.0 Å². The minimum Gasteiger partial charge on any atom is -0.504 e. The fourth-order valence-electron chi connectivity index (χ4n) is 4.19. The molecule has 0 spiro atoms. The Balaban J connectivity index is 1.94. The number of benzene rings is 2. The lowest BCUT2D eigenvalue weighted by Gasteiger charge is -2.39. The molecule has 0 amide bonds. The zero-order valence-corrected chi connectivity index (χ0v) is 14.9. The smallest absolute Gasteiger partial charge is 0.338 e. The van der Waals surface area contributed by atoms with Crippen LogP contribution in [0, 0.1) is 5.92 Å². The van der Waals surface area contributed by atoms with Gasteiger partial charge in [0.1, 0.15) is 0 Å². The quantitative estimate of drug-likeness (QED) is 0.704. The summed E-state index contributed by atoms with van der Waals surface area (Å²) >= 11 is 0. The Hall–Kier alpha value is -2.93. The summed E-state index contributed by atoms with van der Waals surface area (Å²) in [5.74, 6) is -1.10. The highest BCUT2D eigenvalue weighted by atomic mass is 16.6. The number of fused-ring (bicyclic) bond motifs is 2. The summed E-state index contributed by atoms with van der Waals surface area (Å²) in [5, 5.41) is 31.3. The van der Waals surface area contributed by atoms with Crippen LogP contribution in [0.2, 0.25) is 0 Å². The molecular weight excluding hydrogens is 352 g/mol. The highest BCUT2D eigenvalue weighted by molar-refractivity contribution is 5.83. The molecule has 0 saturated carbocycles. The maximum Gasteiger partial charge on any atom is 0.338 e. The molecule has 7 heteroatoms. The van der Waals surface area contributed by atoms with Gasteiger partial charge in [0.05, 0.1) is 20.8 Å². The minimum atomic E-state index is -1.66. The van der Waals surface area contributed by atoms with Gasteiger partial charge < -0.3 is 29.5 Å². The van der Waals surface area contributed by atoms with E-state index in [9.17, 15) is 20.1 Å². The fraction of sp³-hybridized carbons (Fsp3) is 0.350. The van der Waals surface area contributed by atoms with Crippen molar-refractivity contribution in [2.75, 3.05) is 20.8 Å². The fourth-order valence-corrected chi connectivity index (χ4v) is 4.19. The van der Waals surface area contributed by atoms with E-state index in [1.807, 2.05) is 0 Å². The van der Waals surface area contributed by atoms with Crippen LogP contribution in [0.25, 0.3) is 0 Å². The van der Waals surface area contributed by atoms with Gasteiger partial charge in [0.15, 0.2) is 28.6 Å². The Morgan fingerprint density at radius 3 is 2.48 bits per heavy atom. The van der Waals surface area contributed by atoms with E-state index in [4.69, 9.17) is 14.2 Å². The first-order valence-corrected chi connectivity index (χ1v) is 8.55. The van der Waals surface area contributed by atoms with E-state index >= 15 is 0 Å². The number of phenols is 2. The maximum absolute atomic E-state index is 12.3. The molecule has 0 radical (unpaired) electrons. The molecule has 1 aliphatic heterocycles. The zero-order chi connectivity index (χ0) is 19.3. The van der Waals surface area contributed by atoms with E-state index in [-0.39, 0.29) is 36.0 Å². The van der Waals surface area contributed by atoms with Crippen LogP contribution >= 0.6 is 0 Å². The number of cyclic esters (lactones) is 1. The summed E-state index contributed by atoms with van der Waals surface area (Å²) in [6.45, 7) is 0.0649. The molecular formula is C20H20O7. The van der Waals surface area contributed by atoms with Crippen molar-refractivity contribution in [3.05, 3.63) is 47.0 Å². The first-order chi connectivity index (χ1) is 12.9. The Morgan fingerprint density at radius 1 is 1.07 bits per heavy atom. The van der Waals surface area contributed by atoms with Crippen molar-refractivity contribution in [2.45, 2.75) is 17.9 Å². The second kappa shape index (κ2) is 6.06. The number of methoxy groups -OCH3 is 2. The van der Waals surface area contributed by atoms with Crippen LogP contribution in [0.1, 0.15) is 22.6 Å². The van der Waals surface area contributed by atoms with Crippen LogP contribution in [-0.4, -0.2) is 47.7 Å². The Morgan fingerprint density at radius 2 is 1.78 bits per heavy atom. The number of rotatable bonds is 3. The number of ether oxygens (including phenoxy) is 3. The third kappa shape index (κ3) is 2.49. The van der Waals surface area contributed by atoms with Gasteiger partial charge >= 0.3 is 5.97 Å². The molecule has 142 valence electrons. The molecule has 1 saturated heterocycles. The zero-order valence-electron chi connectivity index (χ0n) is 14.9. The van der Waals surface area contributed by atoms with Gasteiger partial charge in [0.25, 0.3) is 0 Å². The van der Waals surface area contributed by atoms with Gasteiger partial charge in [-0.05, 0) is 41.0 Å². The summed E-state index contributed by atoms with van der Waals surface area (Å²) in [7, 11) is 2.89. The van der Waals surface area contributed by atoms with Gasteiger partial charge in [0.2, 0.25) is 0 Å². The Labute approximate surface area is 155 Å². The van der Waals surface area contributed by atoms with Crippen LogP contribution in [0.4, 0.5) is 0 Å². The molecule has 27 heavy (non-hydrogen) atoms. The molecule has 0 unspecified atom stereocenters. The number of hydrogen-bond acceptors (Lipinski definition) is 7. The largest absolute Gasteiger partial charge is 0.504 e. The molecule has 1 aliphatic carbocycles. The number of aliphatic hydroxyl groups is 1. The summed E-state index contributed by atoms with van der Waals surface area (Å²) in [5.41, 5.74) is 0.537. The van der Waals surface area contributed by atoms with Crippen LogP contribution in [0.15, 0.2) is 30.3 Å². The molecule has 1 heterocycles. The van der Waals surface area contributed by atoms with Crippen LogP contribution in [-0.2, 0) is 16.0 Å². The predicted octanol–water partition coefficient (Wildman–Crippen LogP) is 1.71. The van der Waals surface area contributed by atoms with Crippen molar-refractivity contribution in [2.24, 2.45) is 5.92 Å². The average molecular weight is 372 g/mol. The summed E-state index contributed by atoms with van der Waals surface area (Å²) in [6.07, 6.45) is 0.0776. The number of hydrogen-bond donors (Lipinski definition) is 3. The van der Waals surface area contributed by atoms with Crippen molar-refractivity contribution in [1.82, 2.24) is 0 Å². The van der Waals surface area contributed by atoms with Crippen molar-refractivity contribution in [3.63, 3.8) is 0 Å². The molecule has 7 nitrogen and oxygen atoms in total. The number of carbonyl (C=O) groups excluding carboxylic acids is 1. The monoisotopic (exact) mass is 372 g/mol. The van der Waals surface area contributed by atoms with E-state index in [1.54, 1.807) is 24.3 Å². The number of carbonyl (C=O) groups is 1. The second-order valence-corrected chi connectivity index (χ2v) is 6.94. The van der Waals surface area contributed by atoms with Gasteiger partial charge in [-0.1, -0.05) is 6.07 Å². The predicted molar refractivity (Wildman–Crippen MR) is 94.3 cm³/mol. The molecule has 0 aromatic heterocycles. The number of esters is 1. The highest BCUT2D eigenvalue weighted by Crippen LogP contribution is 2.51. The van der Waals surface area contributed by atoms with Crippen LogP contribution in [0.3, 0.4) is 0 Å². The third-order valence-corrected chi connectivity index (χ3v) is 5.56. The van der Waals surface area contributed by atoms with E-state index in [0.717, 1.165) is 11.1 Å². The summed E-state index contributed by atoms with van der Waals surface area (Å²) in [4.78, 5) is 12.3. The van der Waals surface area contributed by atoms with Crippen molar-refractivity contribution >= 4 is 5.97 Å². The number of aromatic hydroxyl groups is 2. The van der Waals surface area contributed by atoms with E-state index in [0.29, 0.717) is 5.56 Å². The molecule has 1 fully saturated rings. The Bertz CT molecular complexity index is 923. The molecule has 2 aromatic rings. The third-order valence-electron chi connectivity index (χ3n) is 5.56. The van der Waals surface area contributed by atoms with Gasteiger partial charge in [-0.25, -0.2) is 4.79 Å². The average Bonchev–Trinajstić information content (AvgIpc) is 2.94. The molecule has 3 N–H and O–H groups in total. The first-order valence-electron chi connectivity index (χ1n) is 8.55. The highest BCUT2D eigenvalue weighted by Gasteiger charge is 2.57. The minimum absolute atomic E-state index is 0.0103. The lowest BCUT2D eigenvalue weighted by molar-refractivity contribution is -0.154. The van der Waals surface area contributed by atoms with Gasteiger partial charge in [-0.3, -0.25) is 0 Å². The van der Waals surface area contributed by atoms with Gasteiger partial charge in [-0.2, -0.15) is 0 Å². The topological polar surface area (TPSA) is 105 Å². The lowest BCUT2D eigenvalue weighted by Crippen LogP contribution is -2.48.